The molecule has 2 aliphatic heterocycles. The molecule has 1 atom stereocenters. The second-order valence-electron chi connectivity index (χ2n) is 12.9. The number of nitrogens with one attached hydrogen (secondary N) is 2. The molecule has 0 aliphatic carbocycles. The van der Waals surface area contributed by atoms with Gasteiger partial charge in [0.15, 0.2) is 5.60 Å². The van der Waals surface area contributed by atoms with Crippen molar-refractivity contribution < 1.29 is 23.8 Å². The Balaban J connectivity index is 1.04. The first-order valence-electron chi connectivity index (χ1n) is 17.1. The number of hydrogen-bond acceptors (Lipinski definition) is 10. The number of anilines is 1. The van der Waals surface area contributed by atoms with Crippen LogP contribution in [0.1, 0.15) is 24.0 Å². The number of H-pyrrole nitrogens is 1. The molecule has 14 nitrogen and oxygen atoms in total. The van der Waals surface area contributed by atoms with E-state index < -0.39 is 5.60 Å². The van der Waals surface area contributed by atoms with E-state index in [4.69, 9.17) is 20.1 Å². The number of nitrogens with zero attached hydrogens (tertiary/aromatic N) is 6. The number of aromatic amines is 1. The van der Waals surface area contributed by atoms with Crippen molar-refractivity contribution in [1.29, 1.82) is 0 Å². The van der Waals surface area contributed by atoms with Gasteiger partial charge in [-0.2, -0.15) is 5.10 Å². The van der Waals surface area contributed by atoms with Crippen molar-refractivity contribution in [3.8, 4) is 17.1 Å². The molecule has 0 unspecified atom stereocenters. The summed E-state index contributed by atoms with van der Waals surface area (Å²) in [5.41, 5.74) is 5.70. The standard InChI is InChI=1S/C38H45N9O5/c1-26(41-25-45(2)39)27-5-7-28(8-6-27)29-13-16-47(17-14-29)35(48)23-46-18-15-38(24-46,51-4)37(49)42-31-10-11-33-32(21-31)36(44-43-33)30-9-12-34(40-22-30)52-20-19-50-3/h5-13,21-22,25H,1,14-20,23-24,39H2,2-4H3,(H,42,49)(H,43,44)/t38-/m0/s1. The topological polar surface area (TPSA) is 164 Å². The molecule has 4 heterocycles. The maximum atomic E-state index is 13.7. The van der Waals surface area contributed by atoms with E-state index in [0.717, 1.165) is 34.0 Å². The highest BCUT2D eigenvalue weighted by Crippen LogP contribution is 2.31. The number of aromatic nitrogens is 3. The number of aliphatic imine (C=N–C) groups is 1. The summed E-state index contributed by atoms with van der Waals surface area (Å²) in [6.07, 6.45) is 6.54. The monoisotopic (exact) mass is 707 g/mol. The number of pyridine rings is 1. The number of benzene rings is 2. The lowest BCUT2D eigenvalue weighted by Crippen LogP contribution is -2.48. The van der Waals surface area contributed by atoms with E-state index in [1.165, 1.54) is 16.9 Å². The predicted molar refractivity (Wildman–Crippen MR) is 201 cm³/mol. The Labute approximate surface area is 302 Å². The molecular formula is C38H45N9O5. The summed E-state index contributed by atoms with van der Waals surface area (Å²) in [7, 11) is 4.86. The minimum Gasteiger partial charge on any atom is -0.475 e. The van der Waals surface area contributed by atoms with E-state index in [1.54, 1.807) is 33.5 Å². The highest BCUT2D eigenvalue weighted by Gasteiger charge is 2.45. The third kappa shape index (κ3) is 8.37. The Morgan fingerprint density at radius 2 is 1.92 bits per heavy atom. The van der Waals surface area contributed by atoms with Gasteiger partial charge < -0.3 is 29.4 Å². The third-order valence-corrected chi connectivity index (χ3v) is 9.39. The molecule has 0 spiro atoms. The van der Waals surface area contributed by atoms with Crippen LogP contribution in [0.5, 0.6) is 5.88 Å². The zero-order chi connectivity index (χ0) is 36.7. The molecule has 2 aliphatic rings. The number of amides is 2. The zero-order valence-electron chi connectivity index (χ0n) is 29.8. The maximum Gasteiger partial charge on any atom is 0.258 e. The lowest BCUT2D eigenvalue weighted by molar-refractivity contribution is -0.138. The smallest absolute Gasteiger partial charge is 0.258 e. The van der Waals surface area contributed by atoms with Gasteiger partial charge in [0, 0.05) is 76.3 Å². The van der Waals surface area contributed by atoms with Crippen molar-refractivity contribution in [2.75, 3.05) is 72.5 Å². The number of carbonyl (C=O) groups excluding carboxylic acids is 2. The first-order chi connectivity index (χ1) is 25.2. The predicted octanol–water partition coefficient (Wildman–Crippen LogP) is 3.80. The fourth-order valence-corrected chi connectivity index (χ4v) is 6.39. The summed E-state index contributed by atoms with van der Waals surface area (Å²) in [4.78, 5) is 39.6. The van der Waals surface area contributed by atoms with Crippen molar-refractivity contribution in [2.45, 2.75) is 18.4 Å². The van der Waals surface area contributed by atoms with Gasteiger partial charge in [0.2, 0.25) is 11.8 Å². The van der Waals surface area contributed by atoms with Crippen molar-refractivity contribution in [3.63, 3.8) is 0 Å². The number of ether oxygens (including phenoxy) is 3. The Morgan fingerprint density at radius 3 is 2.62 bits per heavy atom. The summed E-state index contributed by atoms with van der Waals surface area (Å²) in [6.45, 7) is 7.12. The van der Waals surface area contributed by atoms with Crippen molar-refractivity contribution in [2.24, 2.45) is 10.8 Å². The third-order valence-electron chi connectivity index (χ3n) is 9.39. The molecule has 0 bridgehead atoms. The summed E-state index contributed by atoms with van der Waals surface area (Å²) < 4.78 is 16.5. The number of nitrogens with two attached hydrogens (primary N) is 1. The van der Waals surface area contributed by atoms with Crippen LogP contribution in [0.3, 0.4) is 0 Å². The lowest BCUT2D eigenvalue weighted by Gasteiger charge is -2.30. The minimum atomic E-state index is -1.09. The highest BCUT2D eigenvalue weighted by atomic mass is 16.5. The van der Waals surface area contributed by atoms with Crippen molar-refractivity contribution in [1.82, 2.24) is 30.0 Å². The van der Waals surface area contributed by atoms with Crippen LogP contribution in [0, 0.1) is 0 Å². The van der Waals surface area contributed by atoms with E-state index in [0.29, 0.717) is 68.8 Å². The van der Waals surface area contributed by atoms with Crippen LogP contribution in [-0.2, 0) is 19.1 Å². The Hall–Kier alpha value is -5.41. The zero-order valence-corrected chi connectivity index (χ0v) is 29.8. The molecule has 2 aromatic heterocycles. The fraction of sp³-hybridized carbons (Fsp3) is 0.342. The van der Waals surface area contributed by atoms with Gasteiger partial charge in [-0.1, -0.05) is 36.9 Å². The number of fused-ring (bicyclic) bond motifs is 1. The molecule has 272 valence electrons. The largest absolute Gasteiger partial charge is 0.475 e. The molecule has 2 aromatic carbocycles. The molecule has 1 fully saturated rings. The molecule has 2 amide bonds. The van der Waals surface area contributed by atoms with Crippen LogP contribution in [0.2, 0.25) is 0 Å². The van der Waals surface area contributed by atoms with Crippen LogP contribution in [-0.4, -0.2) is 121 Å². The van der Waals surface area contributed by atoms with E-state index in [2.05, 4.69) is 50.3 Å². The van der Waals surface area contributed by atoms with E-state index in [9.17, 15) is 9.59 Å². The molecule has 6 rings (SSSR count). The van der Waals surface area contributed by atoms with Gasteiger partial charge in [0.05, 0.1) is 24.4 Å². The van der Waals surface area contributed by atoms with Gasteiger partial charge in [-0.05, 0) is 53.8 Å². The van der Waals surface area contributed by atoms with Gasteiger partial charge in [-0.25, -0.2) is 15.8 Å². The summed E-state index contributed by atoms with van der Waals surface area (Å²) in [5, 5.41) is 12.8. The first-order valence-corrected chi connectivity index (χ1v) is 17.1. The maximum absolute atomic E-state index is 13.7. The number of hydrogen-bond donors (Lipinski definition) is 3. The molecule has 4 aromatic rings. The van der Waals surface area contributed by atoms with E-state index in [1.807, 2.05) is 46.2 Å². The van der Waals surface area contributed by atoms with Gasteiger partial charge in [-0.15, -0.1) is 0 Å². The fourth-order valence-electron chi connectivity index (χ4n) is 6.39. The molecule has 0 radical (unpaired) electrons. The second-order valence-corrected chi connectivity index (χ2v) is 12.9. The number of methoxy groups -OCH3 is 2. The second kappa shape index (κ2) is 16.3. The van der Waals surface area contributed by atoms with Crippen molar-refractivity contribution >= 4 is 46.0 Å². The SMILES string of the molecule is C=C(N=CN(C)N)c1ccc(C2=CCN(C(=O)CN3CC[C@@](OC)(C(=O)Nc4ccc5[nH]nc(-c6ccc(OCCOC)nc6)c5c4)C3)CC2)cc1. The number of likely N-dealkylation sites (tertiary alicyclic amines) is 1. The molecule has 1 saturated heterocycles. The van der Waals surface area contributed by atoms with Gasteiger partial charge in [0.25, 0.3) is 5.91 Å². The molecule has 4 N–H and O–H groups in total. The Bertz CT molecular complexity index is 1960. The van der Waals surface area contributed by atoms with Crippen LogP contribution >= 0.6 is 0 Å². The van der Waals surface area contributed by atoms with Crippen LogP contribution in [0.25, 0.3) is 33.4 Å². The van der Waals surface area contributed by atoms with Crippen LogP contribution < -0.4 is 15.9 Å². The van der Waals surface area contributed by atoms with Crippen LogP contribution in [0.15, 0.2) is 78.4 Å². The van der Waals surface area contributed by atoms with Crippen LogP contribution in [0.4, 0.5) is 5.69 Å². The Morgan fingerprint density at radius 1 is 1.12 bits per heavy atom. The first kappa shape index (κ1) is 36.4. The minimum absolute atomic E-state index is 0.0268. The summed E-state index contributed by atoms with van der Waals surface area (Å²) in [6, 6.07) is 17.3. The van der Waals surface area contributed by atoms with Gasteiger partial charge in [0.1, 0.15) is 18.6 Å². The summed E-state index contributed by atoms with van der Waals surface area (Å²) in [5.74, 6) is 5.86. The lowest BCUT2D eigenvalue weighted by atomic mass is 9.98. The molecule has 52 heavy (non-hydrogen) atoms. The Kier molecular flexibility index (Phi) is 11.4. The molecule has 0 saturated carbocycles. The van der Waals surface area contributed by atoms with Gasteiger partial charge in [-0.3, -0.25) is 19.6 Å². The number of carbonyl (C=O) groups is 2. The summed E-state index contributed by atoms with van der Waals surface area (Å²) >= 11 is 0. The number of rotatable bonds is 14. The van der Waals surface area contributed by atoms with Gasteiger partial charge >= 0.3 is 0 Å². The van der Waals surface area contributed by atoms with E-state index in [-0.39, 0.29) is 18.4 Å². The molecule has 14 heteroatoms. The highest BCUT2D eigenvalue weighted by molar-refractivity contribution is 6.01. The average molecular weight is 708 g/mol. The number of hydrazine groups is 1. The normalized spacial score (nSPS) is 17.8. The molecular weight excluding hydrogens is 662 g/mol. The van der Waals surface area contributed by atoms with E-state index >= 15 is 0 Å². The van der Waals surface area contributed by atoms with Crippen molar-refractivity contribution in [3.05, 3.63) is 84.6 Å². The quantitative estimate of drug-likeness (QED) is 0.0578. The average Bonchev–Trinajstić information content (AvgIpc) is 3.79.